The van der Waals surface area contributed by atoms with Crippen molar-refractivity contribution in [3.63, 3.8) is 0 Å². The van der Waals surface area contributed by atoms with E-state index in [2.05, 4.69) is 40.4 Å². The highest BCUT2D eigenvalue weighted by Gasteiger charge is 2.46. The van der Waals surface area contributed by atoms with E-state index in [0.717, 1.165) is 32.0 Å². The minimum absolute atomic E-state index is 0.0723. The standard InChI is InChI=1S/C23H29N3O2/c1-17-21(14-24-28-17)22(27)25-11-9-23(10-12-25)13-19(18-5-3-2-4-6-18)15-26(16-23)20-7-8-20/h2-6,14,19-20H,7-13,15-16H2,1H3. The average Bonchev–Trinajstić information content (AvgIpc) is 3.49. The third kappa shape index (κ3) is 3.37. The lowest BCUT2D eigenvalue weighted by molar-refractivity contribution is 0.0110. The zero-order valence-electron chi connectivity index (χ0n) is 16.6. The molecule has 0 N–H and O–H groups in total. The monoisotopic (exact) mass is 379 g/mol. The SMILES string of the molecule is Cc1oncc1C(=O)N1CCC2(CC1)CC(c1ccccc1)CN(C1CC1)C2. The number of hydrogen-bond acceptors (Lipinski definition) is 4. The lowest BCUT2D eigenvalue weighted by atomic mass is 9.68. The van der Waals surface area contributed by atoms with Gasteiger partial charge in [0, 0.05) is 32.2 Å². The first kappa shape index (κ1) is 17.9. The van der Waals surface area contributed by atoms with E-state index in [9.17, 15) is 4.79 Å². The molecular weight excluding hydrogens is 350 g/mol. The minimum atomic E-state index is 0.0723. The van der Waals surface area contributed by atoms with E-state index in [1.165, 1.54) is 37.9 Å². The molecule has 2 aromatic rings. The number of aromatic nitrogens is 1. The van der Waals surface area contributed by atoms with Gasteiger partial charge in [0.05, 0.1) is 6.20 Å². The molecule has 1 aromatic heterocycles. The lowest BCUT2D eigenvalue weighted by Crippen LogP contribution is -2.53. The molecular formula is C23H29N3O2. The Morgan fingerprint density at radius 1 is 1.18 bits per heavy atom. The largest absolute Gasteiger partial charge is 0.361 e. The number of nitrogens with zero attached hydrogens (tertiary/aromatic N) is 3. The zero-order valence-corrected chi connectivity index (χ0v) is 16.6. The van der Waals surface area contributed by atoms with Gasteiger partial charge in [0.15, 0.2) is 0 Å². The highest BCUT2D eigenvalue weighted by molar-refractivity contribution is 5.94. The van der Waals surface area contributed by atoms with Crippen LogP contribution in [0.1, 0.15) is 59.7 Å². The van der Waals surface area contributed by atoms with Crippen LogP contribution < -0.4 is 0 Å². The molecule has 1 spiro atoms. The summed E-state index contributed by atoms with van der Waals surface area (Å²) in [5.74, 6) is 1.30. The minimum Gasteiger partial charge on any atom is -0.361 e. The van der Waals surface area contributed by atoms with Crippen molar-refractivity contribution < 1.29 is 9.32 Å². The Hall–Kier alpha value is -2.14. The van der Waals surface area contributed by atoms with Crippen molar-refractivity contribution in [3.8, 4) is 0 Å². The highest BCUT2D eigenvalue weighted by atomic mass is 16.5. The van der Waals surface area contributed by atoms with E-state index in [4.69, 9.17) is 4.52 Å². The van der Waals surface area contributed by atoms with Crippen LogP contribution in [0.15, 0.2) is 41.1 Å². The Balaban J connectivity index is 1.32. The van der Waals surface area contributed by atoms with Crippen LogP contribution in [-0.4, -0.2) is 53.1 Å². The normalized spacial score (nSPS) is 25.2. The smallest absolute Gasteiger partial charge is 0.259 e. The first-order valence-corrected chi connectivity index (χ1v) is 10.6. The Bertz CT molecular complexity index is 835. The molecule has 5 heteroatoms. The second-order valence-corrected chi connectivity index (χ2v) is 9.06. The summed E-state index contributed by atoms with van der Waals surface area (Å²) in [4.78, 5) is 17.6. The Morgan fingerprint density at radius 3 is 2.57 bits per heavy atom. The van der Waals surface area contributed by atoms with Crippen molar-refractivity contribution >= 4 is 5.91 Å². The van der Waals surface area contributed by atoms with Gasteiger partial charge in [-0.1, -0.05) is 35.5 Å². The Morgan fingerprint density at radius 2 is 1.93 bits per heavy atom. The van der Waals surface area contributed by atoms with Crippen LogP contribution in [0.25, 0.3) is 0 Å². The number of amides is 1. The molecule has 148 valence electrons. The van der Waals surface area contributed by atoms with Gasteiger partial charge in [-0.05, 0) is 55.9 Å². The van der Waals surface area contributed by atoms with Crippen LogP contribution in [0.3, 0.4) is 0 Å². The first-order valence-electron chi connectivity index (χ1n) is 10.6. The molecule has 1 saturated carbocycles. The van der Waals surface area contributed by atoms with Crippen LogP contribution >= 0.6 is 0 Å². The van der Waals surface area contributed by atoms with Gasteiger partial charge in [0.25, 0.3) is 5.91 Å². The lowest BCUT2D eigenvalue weighted by Gasteiger charge is -2.50. The van der Waals surface area contributed by atoms with Gasteiger partial charge in [-0.3, -0.25) is 9.69 Å². The number of piperidine rings is 2. The molecule has 3 heterocycles. The van der Waals surface area contributed by atoms with E-state index >= 15 is 0 Å². The Labute approximate surface area is 166 Å². The van der Waals surface area contributed by atoms with Crippen molar-refractivity contribution in [2.24, 2.45) is 5.41 Å². The fraction of sp³-hybridized carbons (Fsp3) is 0.565. The van der Waals surface area contributed by atoms with E-state index in [-0.39, 0.29) is 5.91 Å². The van der Waals surface area contributed by atoms with E-state index in [1.54, 1.807) is 6.20 Å². The van der Waals surface area contributed by atoms with Gasteiger partial charge in [0.2, 0.25) is 0 Å². The van der Waals surface area contributed by atoms with Crippen molar-refractivity contribution in [2.45, 2.75) is 51.0 Å². The molecule has 1 aliphatic carbocycles. The van der Waals surface area contributed by atoms with Crippen LogP contribution in [0.5, 0.6) is 0 Å². The summed E-state index contributed by atoms with van der Waals surface area (Å²) in [7, 11) is 0. The fourth-order valence-electron chi connectivity index (χ4n) is 5.32. The van der Waals surface area contributed by atoms with Crippen LogP contribution in [0, 0.1) is 12.3 Å². The molecule has 0 bridgehead atoms. The second kappa shape index (κ2) is 7.03. The van der Waals surface area contributed by atoms with Gasteiger partial charge in [-0.15, -0.1) is 0 Å². The number of aryl methyl sites for hydroxylation is 1. The third-order valence-electron chi connectivity index (χ3n) is 7.10. The highest BCUT2D eigenvalue weighted by Crippen LogP contribution is 2.47. The summed E-state index contributed by atoms with van der Waals surface area (Å²) in [6.07, 6.45) is 7.70. The third-order valence-corrected chi connectivity index (χ3v) is 7.10. The summed E-state index contributed by atoms with van der Waals surface area (Å²) < 4.78 is 5.09. The maximum atomic E-state index is 12.8. The second-order valence-electron chi connectivity index (χ2n) is 9.06. The van der Waals surface area contributed by atoms with E-state index in [1.807, 2.05) is 11.8 Å². The molecule has 5 nitrogen and oxygen atoms in total. The maximum absolute atomic E-state index is 12.8. The summed E-state index contributed by atoms with van der Waals surface area (Å²) in [6.45, 7) is 5.88. The molecule has 1 atom stereocenters. The first-order chi connectivity index (χ1) is 13.6. The number of likely N-dealkylation sites (tertiary alicyclic amines) is 2. The maximum Gasteiger partial charge on any atom is 0.259 e. The zero-order chi connectivity index (χ0) is 19.1. The topological polar surface area (TPSA) is 49.6 Å². The molecule has 1 unspecified atom stereocenters. The van der Waals surface area contributed by atoms with Crippen molar-refractivity contribution in [1.82, 2.24) is 15.0 Å². The number of benzene rings is 1. The molecule has 3 fully saturated rings. The number of carbonyl (C=O) groups excluding carboxylic acids is 1. The van der Waals surface area contributed by atoms with E-state index < -0.39 is 0 Å². The summed E-state index contributed by atoms with van der Waals surface area (Å²) in [5, 5.41) is 3.77. The predicted octanol–water partition coefficient (Wildman–Crippen LogP) is 3.86. The van der Waals surface area contributed by atoms with Gasteiger partial charge in [-0.2, -0.15) is 0 Å². The molecule has 5 rings (SSSR count). The van der Waals surface area contributed by atoms with Crippen molar-refractivity contribution in [2.75, 3.05) is 26.2 Å². The van der Waals surface area contributed by atoms with Crippen LogP contribution in [-0.2, 0) is 0 Å². The number of hydrogen-bond donors (Lipinski definition) is 0. The summed E-state index contributed by atoms with van der Waals surface area (Å²) in [6, 6.07) is 11.8. The summed E-state index contributed by atoms with van der Waals surface area (Å²) >= 11 is 0. The molecule has 2 aliphatic heterocycles. The van der Waals surface area contributed by atoms with Gasteiger partial charge in [0.1, 0.15) is 11.3 Å². The molecule has 2 saturated heterocycles. The molecule has 0 radical (unpaired) electrons. The number of carbonyl (C=O) groups is 1. The average molecular weight is 380 g/mol. The molecule has 28 heavy (non-hydrogen) atoms. The van der Waals surface area contributed by atoms with E-state index in [0.29, 0.717) is 22.7 Å². The predicted molar refractivity (Wildman–Crippen MR) is 107 cm³/mol. The fourth-order valence-corrected chi connectivity index (χ4v) is 5.32. The van der Waals surface area contributed by atoms with Gasteiger partial charge < -0.3 is 9.42 Å². The quantitative estimate of drug-likeness (QED) is 0.813. The Kier molecular flexibility index (Phi) is 4.50. The molecule has 3 aliphatic rings. The van der Waals surface area contributed by atoms with Crippen molar-refractivity contribution in [1.29, 1.82) is 0 Å². The number of rotatable bonds is 3. The van der Waals surface area contributed by atoms with Crippen LogP contribution in [0.2, 0.25) is 0 Å². The van der Waals surface area contributed by atoms with Crippen molar-refractivity contribution in [3.05, 3.63) is 53.4 Å². The van der Waals surface area contributed by atoms with Gasteiger partial charge in [-0.25, -0.2) is 0 Å². The molecule has 1 aromatic carbocycles. The molecule has 1 amide bonds. The van der Waals surface area contributed by atoms with Gasteiger partial charge >= 0.3 is 0 Å². The van der Waals surface area contributed by atoms with Crippen LogP contribution in [0.4, 0.5) is 0 Å². The summed E-state index contributed by atoms with van der Waals surface area (Å²) in [5.41, 5.74) is 2.43.